The van der Waals surface area contributed by atoms with E-state index in [0.717, 1.165) is 5.56 Å². The molecule has 5 nitrogen and oxygen atoms in total. The highest BCUT2D eigenvalue weighted by Crippen LogP contribution is 2.27. The zero-order valence-corrected chi connectivity index (χ0v) is 13.7. The second-order valence-electron chi connectivity index (χ2n) is 4.71. The number of nitrogens with one attached hydrogen (secondary N) is 1. The molecule has 2 rings (SSSR count). The van der Waals surface area contributed by atoms with Crippen molar-refractivity contribution in [2.24, 2.45) is 0 Å². The molecule has 1 amide bonds. The summed E-state index contributed by atoms with van der Waals surface area (Å²) in [5.74, 6) is 1.44. The quantitative estimate of drug-likeness (QED) is 0.845. The van der Waals surface area contributed by atoms with E-state index in [1.54, 1.807) is 38.5 Å². The van der Waals surface area contributed by atoms with Gasteiger partial charge in [-0.1, -0.05) is 29.8 Å². The number of carbonyl (C=O) groups excluding carboxylic acids is 1. The van der Waals surface area contributed by atoms with Crippen LogP contribution in [-0.2, 0) is 11.3 Å². The molecular weight excluding hydrogens is 318 g/mol. The topological polar surface area (TPSA) is 56.8 Å². The lowest BCUT2D eigenvalue weighted by Crippen LogP contribution is -2.28. The van der Waals surface area contributed by atoms with Crippen LogP contribution in [0.4, 0.5) is 0 Å². The Kier molecular flexibility index (Phi) is 6.11. The first-order chi connectivity index (χ1) is 11.1. The monoisotopic (exact) mass is 335 g/mol. The fourth-order valence-corrected chi connectivity index (χ4v) is 2.10. The van der Waals surface area contributed by atoms with Gasteiger partial charge in [0.2, 0.25) is 0 Å². The molecular formula is C17H18ClNO4. The van der Waals surface area contributed by atoms with Crippen LogP contribution in [0.2, 0.25) is 5.02 Å². The summed E-state index contributed by atoms with van der Waals surface area (Å²) in [6.07, 6.45) is 0. The Balaban J connectivity index is 1.88. The molecule has 0 aromatic heterocycles. The largest absolute Gasteiger partial charge is 0.496 e. The molecule has 0 aliphatic rings. The fraction of sp³-hybridized carbons (Fsp3) is 0.235. The Morgan fingerprint density at radius 2 is 1.65 bits per heavy atom. The summed E-state index contributed by atoms with van der Waals surface area (Å²) in [7, 11) is 3.10. The summed E-state index contributed by atoms with van der Waals surface area (Å²) in [5.41, 5.74) is 0.852. The Labute approximate surface area is 140 Å². The molecule has 2 aromatic carbocycles. The third-order valence-corrected chi connectivity index (χ3v) is 3.50. The number of rotatable bonds is 7. The van der Waals surface area contributed by atoms with E-state index in [-0.39, 0.29) is 12.5 Å². The van der Waals surface area contributed by atoms with Crippen molar-refractivity contribution in [3.05, 3.63) is 53.1 Å². The van der Waals surface area contributed by atoms with Gasteiger partial charge in [-0.3, -0.25) is 4.79 Å². The van der Waals surface area contributed by atoms with Gasteiger partial charge in [-0.2, -0.15) is 0 Å². The van der Waals surface area contributed by atoms with E-state index < -0.39 is 0 Å². The molecule has 0 saturated carbocycles. The molecule has 23 heavy (non-hydrogen) atoms. The van der Waals surface area contributed by atoms with E-state index in [1.807, 2.05) is 18.2 Å². The summed E-state index contributed by atoms with van der Waals surface area (Å²) in [4.78, 5) is 11.9. The Hall–Kier alpha value is -2.40. The maximum Gasteiger partial charge on any atom is 0.258 e. The maximum absolute atomic E-state index is 11.9. The lowest BCUT2D eigenvalue weighted by Gasteiger charge is -2.11. The Morgan fingerprint density at radius 3 is 2.26 bits per heavy atom. The minimum Gasteiger partial charge on any atom is -0.496 e. The second-order valence-corrected chi connectivity index (χ2v) is 5.11. The van der Waals surface area contributed by atoms with Crippen LogP contribution in [0.5, 0.6) is 17.2 Å². The highest BCUT2D eigenvalue weighted by Gasteiger charge is 2.07. The van der Waals surface area contributed by atoms with Gasteiger partial charge in [0.15, 0.2) is 6.61 Å². The van der Waals surface area contributed by atoms with Gasteiger partial charge in [0.05, 0.1) is 14.2 Å². The van der Waals surface area contributed by atoms with Gasteiger partial charge in [-0.05, 0) is 11.6 Å². The molecule has 0 spiro atoms. The van der Waals surface area contributed by atoms with Crippen LogP contribution in [0.1, 0.15) is 5.56 Å². The standard InChI is InChI=1S/C17H18ClNO4/c1-21-13-7-14(22-2)9-15(8-13)23-11-17(20)19-10-12-5-3-4-6-16(12)18/h3-9H,10-11H2,1-2H3,(H,19,20). The number of ether oxygens (including phenoxy) is 3. The highest BCUT2D eigenvalue weighted by atomic mass is 35.5. The average Bonchev–Trinajstić information content (AvgIpc) is 2.58. The molecule has 0 unspecified atom stereocenters. The molecule has 0 radical (unpaired) electrons. The van der Waals surface area contributed by atoms with Crippen LogP contribution in [0.15, 0.2) is 42.5 Å². The predicted molar refractivity (Wildman–Crippen MR) is 88.3 cm³/mol. The minimum absolute atomic E-state index is 0.110. The molecule has 0 bridgehead atoms. The number of hydrogen-bond donors (Lipinski definition) is 1. The van der Waals surface area contributed by atoms with Crippen molar-refractivity contribution in [1.82, 2.24) is 5.32 Å². The predicted octanol–water partition coefficient (Wildman–Crippen LogP) is 3.05. The van der Waals surface area contributed by atoms with E-state index in [4.69, 9.17) is 25.8 Å². The zero-order valence-electron chi connectivity index (χ0n) is 13.0. The minimum atomic E-state index is -0.244. The van der Waals surface area contributed by atoms with Crippen LogP contribution in [0, 0.1) is 0 Å². The van der Waals surface area contributed by atoms with Crippen molar-refractivity contribution in [1.29, 1.82) is 0 Å². The second kappa shape index (κ2) is 8.29. The third kappa shape index (κ3) is 5.07. The van der Waals surface area contributed by atoms with E-state index in [0.29, 0.717) is 28.8 Å². The van der Waals surface area contributed by atoms with Gasteiger partial charge in [-0.25, -0.2) is 0 Å². The SMILES string of the molecule is COc1cc(OC)cc(OCC(=O)NCc2ccccc2Cl)c1. The van der Waals surface area contributed by atoms with Gasteiger partial charge in [0.1, 0.15) is 17.2 Å². The van der Waals surface area contributed by atoms with Crippen LogP contribution >= 0.6 is 11.6 Å². The van der Waals surface area contributed by atoms with E-state index in [9.17, 15) is 4.79 Å². The molecule has 0 saturated heterocycles. The number of benzene rings is 2. The van der Waals surface area contributed by atoms with E-state index >= 15 is 0 Å². The first-order valence-corrected chi connectivity index (χ1v) is 7.36. The molecule has 0 aliphatic carbocycles. The molecule has 122 valence electrons. The summed E-state index contributed by atoms with van der Waals surface area (Å²) in [5, 5.41) is 3.37. The van der Waals surface area contributed by atoms with Crippen LogP contribution in [-0.4, -0.2) is 26.7 Å². The molecule has 0 atom stereocenters. The molecule has 1 N–H and O–H groups in total. The Bertz CT molecular complexity index is 653. The maximum atomic E-state index is 11.9. The van der Waals surface area contributed by atoms with Crippen molar-refractivity contribution in [3.8, 4) is 17.2 Å². The molecule has 0 fully saturated rings. The van der Waals surface area contributed by atoms with Crippen LogP contribution < -0.4 is 19.5 Å². The lowest BCUT2D eigenvalue weighted by atomic mass is 10.2. The van der Waals surface area contributed by atoms with Gasteiger partial charge in [-0.15, -0.1) is 0 Å². The van der Waals surface area contributed by atoms with Gasteiger partial charge < -0.3 is 19.5 Å². The number of carbonyl (C=O) groups is 1. The summed E-state index contributed by atoms with van der Waals surface area (Å²) < 4.78 is 15.8. The van der Waals surface area contributed by atoms with Gasteiger partial charge in [0, 0.05) is 29.8 Å². The van der Waals surface area contributed by atoms with Crippen LogP contribution in [0.3, 0.4) is 0 Å². The van der Waals surface area contributed by atoms with Crippen molar-refractivity contribution >= 4 is 17.5 Å². The fourth-order valence-electron chi connectivity index (χ4n) is 1.90. The molecule has 0 aliphatic heterocycles. The number of hydrogen-bond acceptors (Lipinski definition) is 4. The molecule has 0 heterocycles. The van der Waals surface area contributed by atoms with Crippen molar-refractivity contribution in [2.75, 3.05) is 20.8 Å². The van der Waals surface area contributed by atoms with Crippen LogP contribution in [0.25, 0.3) is 0 Å². The summed E-state index contributed by atoms with van der Waals surface area (Å²) in [6, 6.07) is 12.4. The summed E-state index contributed by atoms with van der Waals surface area (Å²) >= 11 is 6.04. The number of amides is 1. The first kappa shape index (κ1) is 17.0. The third-order valence-electron chi connectivity index (χ3n) is 3.13. The van der Waals surface area contributed by atoms with Crippen molar-refractivity contribution < 1.29 is 19.0 Å². The smallest absolute Gasteiger partial charge is 0.258 e. The zero-order chi connectivity index (χ0) is 16.7. The van der Waals surface area contributed by atoms with Crippen molar-refractivity contribution in [3.63, 3.8) is 0 Å². The normalized spacial score (nSPS) is 10.0. The lowest BCUT2D eigenvalue weighted by molar-refractivity contribution is -0.123. The summed E-state index contributed by atoms with van der Waals surface area (Å²) in [6.45, 7) is 0.240. The Morgan fingerprint density at radius 1 is 1.04 bits per heavy atom. The van der Waals surface area contributed by atoms with Crippen molar-refractivity contribution in [2.45, 2.75) is 6.54 Å². The van der Waals surface area contributed by atoms with Gasteiger partial charge in [0.25, 0.3) is 5.91 Å². The number of halogens is 1. The average molecular weight is 336 g/mol. The first-order valence-electron chi connectivity index (χ1n) is 6.98. The van der Waals surface area contributed by atoms with E-state index in [1.165, 1.54) is 0 Å². The number of methoxy groups -OCH3 is 2. The molecule has 6 heteroatoms. The van der Waals surface area contributed by atoms with E-state index in [2.05, 4.69) is 5.32 Å². The highest BCUT2D eigenvalue weighted by molar-refractivity contribution is 6.31. The van der Waals surface area contributed by atoms with Gasteiger partial charge >= 0.3 is 0 Å². The molecule has 2 aromatic rings.